The number of carboxylic acids is 2. The quantitative estimate of drug-likeness (QED) is 0.263. The second kappa shape index (κ2) is 18.7. The van der Waals surface area contributed by atoms with Crippen molar-refractivity contribution < 1.29 is 19.8 Å². The Hall–Kier alpha value is -0.0600. The van der Waals surface area contributed by atoms with Crippen LogP contribution in [-0.4, -0.2) is 51.7 Å². The largest absolute Gasteiger partial charge is 0.481 e. The summed E-state index contributed by atoms with van der Waals surface area (Å²) in [4.78, 5) is 23.0. The van der Waals surface area contributed by atoms with E-state index < -0.39 is 23.8 Å². The summed E-state index contributed by atoms with van der Waals surface area (Å²) in [7, 11) is 0. The Balaban J connectivity index is 0. The van der Waals surface area contributed by atoms with E-state index in [1.807, 2.05) is 0 Å². The van der Waals surface area contributed by atoms with Crippen LogP contribution >= 0.6 is 0 Å². The molecule has 0 amide bonds. The standard InChI is InChI=1S/C20H38O4.Na/c1-3-5-7-9-11-13-15-17(19(21)22)18(20(23)24)16-14-12-10-8-6-4-2;/h17-18H,3-16H2,1-2H3,(H,21,22)(H,23,24);. The summed E-state index contributed by atoms with van der Waals surface area (Å²) >= 11 is 0. The van der Waals surface area contributed by atoms with Crippen LogP contribution in [0, 0.1) is 11.8 Å². The van der Waals surface area contributed by atoms with E-state index in [1.165, 1.54) is 38.5 Å². The Morgan fingerprint density at radius 3 is 1.16 bits per heavy atom. The zero-order valence-corrected chi connectivity index (χ0v) is 18.8. The van der Waals surface area contributed by atoms with E-state index >= 15 is 0 Å². The topological polar surface area (TPSA) is 74.6 Å². The van der Waals surface area contributed by atoms with E-state index in [0.29, 0.717) is 12.8 Å². The van der Waals surface area contributed by atoms with Gasteiger partial charge in [0.15, 0.2) is 0 Å². The van der Waals surface area contributed by atoms with Gasteiger partial charge in [-0.05, 0) is 12.8 Å². The van der Waals surface area contributed by atoms with Gasteiger partial charge in [0.2, 0.25) is 0 Å². The molecule has 4 nitrogen and oxygen atoms in total. The molecule has 0 aromatic rings. The molecule has 0 aliphatic rings. The molecular weight excluding hydrogens is 327 g/mol. The molecule has 0 fully saturated rings. The molecule has 2 N–H and O–H groups in total. The van der Waals surface area contributed by atoms with Crippen LogP contribution in [0.4, 0.5) is 0 Å². The van der Waals surface area contributed by atoms with Crippen LogP contribution in [0.1, 0.15) is 104 Å². The van der Waals surface area contributed by atoms with Crippen molar-refractivity contribution in [3.8, 4) is 0 Å². The van der Waals surface area contributed by atoms with Gasteiger partial charge in [-0.2, -0.15) is 0 Å². The molecule has 2 atom stereocenters. The summed E-state index contributed by atoms with van der Waals surface area (Å²) < 4.78 is 0. The van der Waals surface area contributed by atoms with Crippen LogP contribution in [0.2, 0.25) is 0 Å². The molecular formula is C20H38NaO4. The summed E-state index contributed by atoms with van der Waals surface area (Å²) in [5, 5.41) is 18.9. The molecule has 0 rings (SSSR count). The predicted molar refractivity (Wildman–Crippen MR) is 104 cm³/mol. The molecule has 0 aromatic carbocycles. The molecule has 0 heterocycles. The molecule has 0 bridgehead atoms. The summed E-state index contributed by atoms with van der Waals surface area (Å²) in [6, 6.07) is 0. The van der Waals surface area contributed by atoms with Gasteiger partial charge in [-0.25, -0.2) is 0 Å². The summed E-state index contributed by atoms with van der Waals surface area (Å²) in [6.07, 6.45) is 14.1. The SMILES string of the molecule is CCCCCCCCC(C(=O)O)C(CCCCCCCC)C(=O)O.[Na]. The van der Waals surface area contributed by atoms with Gasteiger partial charge in [-0.3, -0.25) is 9.59 Å². The Labute approximate surface area is 176 Å². The second-order valence-corrected chi connectivity index (χ2v) is 7.00. The minimum Gasteiger partial charge on any atom is -0.481 e. The number of carboxylic acid groups (broad SMARTS) is 2. The van der Waals surface area contributed by atoms with Gasteiger partial charge in [-0.1, -0.05) is 90.9 Å². The maximum absolute atomic E-state index is 11.5. The maximum Gasteiger partial charge on any atom is 0.307 e. The van der Waals surface area contributed by atoms with Gasteiger partial charge in [0.1, 0.15) is 0 Å². The summed E-state index contributed by atoms with van der Waals surface area (Å²) in [5.41, 5.74) is 0. The van der Waals surface area contributed by atoms with Gasteiger partial charge in [0.05, 0.1) is 11.8 Å². The summed E-state index contributed by atoms with van der Waals surface area (Å²) in [6.45, 7) is 4.33. The zero-order chi connectivity index (χ0) is 18.2. The summed E-state index contributed by atoms with van der Waals surface area (Å²) in [5.74, 6) is -3.35. The molecule has 0 aliphatic carbocycles. The molecule has 5 heteroatoms. The fraction of sp³-hybridized carbons (Fsp3) is 0.900. The third kappa shape index (κ3) is 14.8. The Morgan fingerprint density at radius 1 is 0.600 bits per heavy atom. The number of rotatable bonds is 17. The first kappa shape index (κ1) is 27.2. The number of unbranched alkanes of at least 4 members (excludes halogenated alkanes) is 10. The smallest absolute Gasteiger partial charge is 0.307 e. The number of aliphatic carboxylic acids is 2. The Bertz CT molecular complexity index is 302. The van der Waals surface area contributed by atoms with E-state index in [4.69, 9.17) is 0 Å². The van der Waals surface area contributed by atoms with Gasteiger partial charge in [-0.15, -0.1) is 0 Å². The number of hydrogen-bond donors (Lipinski definition) is 2. The van der Waals surface area contributed by atoms with Crippen molar-refractivity contribution in [1.29, 1.82) is 0 Å². The van der Waals surface area contributed by atoms with Crippen LogP contribution in [-0.2, 0) is 9.59 Å². The van der Waals surface area contributed by atoms with E-state index in [9.17, 15) is 19.8 Å². The Morgan fingerprint density at radius 2 is 0.880 bits per heavy atom. The van der Waals surface area contributed by atoms with Crippen molar-refractivity contribution in [2.24, 2.45) is 11.8 Å². The van der Waals surface area contributed by atoms with Crippen molar-refractivity contribution in [1.82, 2.24) is 0 Å². The number of hydrogen-bond acceptors (Lipinski definition) is 2. The third-order valence-electron chi connectivity index (χ3n) is 4.86. The maximum atomic E-state index is 11.5. The fourth-order valence-corrected chi connectivity index (χ4v) is 3.28. The van der Waals surface area contributed by atoms with E-state index in [1.54, 1.807) is 0 Å². The molecule has 0 aliphatic heterocycles. The van der Waals surface area contributed by atoms with Gasteiger partial charge < -0.3 is 10.2 Å². The zero-order valence-electron chi connectivity index (χ0n) is 16.8. The van der Waals surface area contributed by atoms with E-state index in [0.717, 1.165) is 38.5 Å². The molecule has 25 heavy (non-hydrogen) atoms. The minimum absolute atomic E-state index is 0. The molecule has 0 aromatic heterocycles. The van der Waals surface area contributed by atoms with E-state index in [2.05, 4.69) is 13.8 Å². The second-order valence-electron chi connectivity index (χ2n) is 7.00. The molecule has 1 radical (unpaired) electrons. The first-order chi connectivity index (χ1) is 11.5. The van der Waals surface area contributed by atoms with Crippen molar-refractivity contribution in [3.63, 3.8) is 0 Å². The van der Waals surface area contributed by atoms with Crippen molar-refractivity contribution >= 4 is 41.5 Å². The van der Waals surface area contributed by atoms with Crippen molar-refractivity contribution in [2.75, 3.05) is 0 Å². The van der Waals surface area contributed by atoms with Gasteiger partial charge >= 0.3 is 11.9 Å². The first-order valence-corrected chi connectivity index (χ1v) is 10.00. The average molecular weight is 366 g/mol. The first-order valence-electron chi connectivity index (χ1n) is 10.00. The normalized spacial score (nSPS) is 13.0. The minimum atomic E-state index is -0.943. The molecule has 2 unspecified atom stereocenters. The number of carbonyl (C=O) groups is 2. The van der Waals surface area contributed by atoms with Crippen molar-refractivity contribution in [2.45, 2.75) is 104 Å². The predicted octanol–water partition coefficient (Wildman–Crippen LogP) is 5.51. The Kier molecular flexibility index (Phi) is 20.3. The van der Waals surface area contributed by atoms with Gasteiger partial charge in [0, 0.05) is 29.6 Å². The van der Waals surface area contributed by atoms with E-state index in [-0.39, 0.29) is 29.6 Å². The van der Waals surface area contributed by atoms with Crippen LogP contribution in [0.5, 0.6) is 0 Å². The van der Waals surface area contributed by atoms with Crippen LogP contribution in [0.15, 0.2) is 0 Å². The molecule has 0 spiro atoms. The van der Waals surface area contributed by atoms with Gasteiger partial charge in [0.25, 0.3) is 0 Å². The van der Waals surface area contributed by atoms with Crippen molar-refractivity contribution in [3.05, 3.63) is 0 Å². The molecule has 0 saturated carbocycles. The third-order valence-corrected chi connectivity index (χ3v) is 4.86. The van der Waals surface area contributed by atoms with Crippen LogP contribution in [0.3, 0.4) is 0 Å². The molecule has 143 valence electrons. The van der Waals surface area contributed by atoms with Crippen LogP contribution in [0.25, 0.3) is 0 Å². The van der Waals surface area contributed by atoms with Crippen LogP contribution < -0.4 is 0 Å². The average Bonchev–Trinajstić information content (AvgIpc) is 2.54. The monoisotopic (exact) mass is 365 g/mol. The fourth-order valence-electron chi connectivity index (χ4n) is 3.28. The molecule has 0 saturated heterocycles.